The summed E-state index contributed by atoms with van der Waals surface area (Å²) in [6, 6.07) is 33.0. The summed E-state index contributed by atoms with van der Waals surface area (Å²) in [5, 5.41) is 25.6. The topological polar surface area (TPSA) is 158 Å². The molecule has 0 radical (unpaired) electrons. The number of phenolic OH excluding ortho intramolecular Hbond substituents is 1. The van der Waals surface area contributed by atoms with Crippen molar-refractivity contribution < 1.29 is 38.3 Å². The fourth-order valence-electron chi connectivity index (χ4n) is 3.09. The number of aromatic hydroxyl groups is 1. The minimum atomic E-state index is 0.133. The second kappa shape index (κ2) is 31.2. The summed E-state index contributed by atoms with van der Waals surface area (Å²) in [4.78, 5) is 0. The molecule has 0 unspecified atom stereocenters. The first-order valence-electron chi connectivity index (χ1n) is 14.4. The molecule has 4 aromatic carbocycles. The Bertz CT molecular complexity index is 1450. The van der Waals surface area contributed by atoms with E-state index in [1.807, 2.05) is 54.6 Å². The van der Waals surface area contributed by atoms with E-state index < -0.39 is 0 Å². The van der Waals surface area contributed by atoms with Crippen LogP contribution in [0.4, 0.5) is 0 Å². The van der Waals surface area contributed by atoms with Gasteiger partial charge in [0, 0.05) is 39.4 Å². The maximum absolute atomic E-state index is 8.79. The van der Waals surface area contributed by atoms with Crippen molar-refractivity contribution in [3.05, 3.63) is 119 Å². The monoisotopic (exact) mass is 807 g/mol. The van der Waals surface area contributed by atoms with Crippen molar-refractivity contribution in [2.75, 3.05) is 54.9 Å². The molecule has 0 spiro atoms. The molecule has 0 fully saturated rings. The van der Waals surface area contributed by atoms with E-state index >= 15 is 0 Å². The van der Waals surface area contributed by atoms with Crippen molar-refractivity contribution in [1.82, 2.24) is 0 Å². The van der Waals surface area contributed by atoms with Gasteiger partial charge in [0.2, 0.25) is 0 Å². The molecule has 0 aliphatic rings. The summed E-state index contributed by atoms with van der Waals surface area (Å²) in [6.07, 6.45) is 0. The third kappa shape index (κ3) is 23.8. The van der Waals surface area contributed by atoms with Crippen LogP contribution in [0.2, 0.25) is 0 Å². The number of alkyl halides is 2. The summed E-state index contributed by atoms with van der Waals surface area (Å²) in [5.41, 5.74) is 8.86. The van der Waals surface area contributed by atoms with E-state index in [4.69, 9.17) is 61.4 Å². The summed E-state index contributed by atoms with van der Waals surface area (Å²) in [5.74, 6) is 2.44. The zero-order chi connectivity index (χ0) is 36.5. The SMILES string of the molecule is COCCl.COCOc1cccc(C#N)c1.COCOc1cccc(CI)c1.COCOc1cccc(CN)c1.N#Cc1cccc(O)c1. The van der Waals surface area contributed by atoms with Gasteiger partial charge in [0.15, 0.2) is 20.4 Å². The lowest BCUT2D eigenvalue weighted by Gasteiger charge is -2.05. The summed E-state index contributed by atoms with van der Waals surface area (Å²) in [6.45, 7) is 1.32. The molecular weight excluding hydrogens is 765 g/mol. The van der Waals surface area contributed by atoms with Crippen molar-refractivity contribution in [3.63, 3.8) is 0 Å². The number of phenols is 1. The third-order valence-electron chi connectivity index (χ3n) is 5.26. The standard InChI is InChI=1S/C9H11IO2.C9H13NO2.C9H9NO2.C7H5NO.C2H5ClO/c3*1-11-7-12-9-4-2-3-8(5-9)6-10;8-5-6-2-1-3-7(9)4-6;1-4-2-3/h2-5H,6-7H2,1H3;2-5H,6-7,10H2,1H3;2-5H,7H2,1H3;1-4,9H;2H2,1H3. The molecule has 0 bridgehead atoms. The zero-order valence-electron chi connectivity index (χ0n) is 28.0. The molecule has 0 atom stereocenters. The second-order valence-electron chi connectivity index (χ2n) is 8.98. The Labute approximate surface area is 307 Å². The van der Waals surface area contributed by atoms with Crippen LogP contribution in [0, 0.1) is 22.7 Å². The van der Waals surface area contributed by atoms with Gasteiger partial charge in [0.1, 0.15) is 29.1 Å². The van der Waals surface area contributed by atoms with E-state index in [0.717, 1.165) is 21.5 Å². The first-order chi connectivity index (χ1) is 23.8. The Hall–Kier alpha value is -4.12. The highest BCUT2D eigenvalue weighted by Gasteiger charge is 1.96. The Kier molecular flexibility index (Phi) is 28.5. The number of nitrogens with zero attached hydrogens (tertiary/aromatic N) is 2. The molecule has 0 aliphatic heterocycles. The molecule has 0 aliphatic carbocycles. The van der Waals surface area contributed by atoms with Gasteiger partial charge in [0.05, 0.1) is 23.3 Å². The Morgan fingerprint density at radius 3 is 1.43 bits per heavy atom. The predicted molar refractivity (Wildman–Crippen MR) is 198 cm³/mol. The normalized spacial score (nSPS) is 9.16. The average Bonchev–Trinajstić information content (AvgIpc) is 3.16. The quantitative estimate of drug-likeness (QED) is 0.0837. The molecule has 0 heterocycles. The largest absolute Gasteiger partial charge is 0.508 e. The van der Waals surface area contributed by atoms with E-state index in [1.165, 1.54) is 17.7 Å². The summed E-state index contributed by atoms with van der Waals surface area (Å²) < 4.78 is 35.2. The molecule has 0 saturated carbocycles. The number of nitriles is 2. The minimum absolute atomic E-state index is 0.133. The van der Waals surface area contributed by atoms with Crippen LogP contribution >= 0.6 is 34.2 Å². The van der Waals surface area contributed by atoms with Gasteiger partial charge in [-0.3, -0.25) is 0 Å². The second-order valence-corrected chi connectivity index (χ2v) is 9.97. The van der Waals surface area contributed by atoms with Gasteiger partial charge in [-0.15, -0.1) is 0 Å². The summed E-state index contributed by atoms with van der Waals surface area (Å²) in [7, 11) is 6.30. The molecule has 0 saturated heterocycles. The molecular formula is C36H43ClIN3O8. The van der Waals surface area contributed by atoms with Gasteiger partial charge in [-0.1, -0.05) is 70.6 Å². The van der Waals surface area contributed by atoms with Gasteiger partial charge in [0.25, 0.3) is 0 Å². The van der Waals surface area contributed by atoms with Crippen LogP contribution in [0.1, 0.15) is 22.3 Å². The first-order valence-corrected chi connectivity index (χ1v) is 16.4. The van der Waals surface area contributed by atoms with Gasteiger partial charge >= 0.3 is 0 Å². The van der Waals surface area contributed by atoms with E-state index in [1.54, 1.807) is 64.8 Å². The Morgan fingerprint density at radius 1 is 0.633 bits per heavy atom. The lowest BCUT2D eigenvalue weighted by molar-refractivity contribution is 0.0509. The van der Waals surface area contributed by atoms with Crippen LogP contribution in [0.25, 0.3) is 0 Å². The third-order valence-corrected chi connectivity index (χ3v) is 6.36. The number of hydrogen-bond acceptors (Lipinski definition) is 11. The van der Waals surface area contributed by atoms with Gasteiger partial charge < -0.3 is 44.0 Å². The van der Waals surface area contributed by atoms with Crippen LogP contribution in [-0.4, -0.2) is 60.0 Å². The smallest absolute Gasteiger partial charge is 0.188 e. The van der Waals surface area contributed by atoms with Crippen molar-refractivity contribution in [2.24, 2.45) is 5.73 Å². The molecule has 4 aromatic rings. The number of rotatable bonds is 12. The number of methoxy groups -OCH3 is 4. The summed E-state index contributed by atoms with van der Waals surface area (Å²) >= 11 is 7.28. The van der Waals surface area contributed by atoms with Crippen LogP contribution in [0.15, 0.2) is 97.1 Å². The number of benzene rings is 4. The fourth-order valence-corrected chi connectivity index (χ4v) is 3.57. The minimum Gasteiger partial charge on any atom is -0.508 e. The fraction of sp³-hybridized carbons (Fsp3) is 0.278. The van der Waals surface area contributed by atoms with E-state index in [0.29, 0.717) is 36.3 Å². The first kappa shape index (κ1) is 44.9. The molecule has 0 amide bonds. The number of halogens is 2. The van der Waals surface area contributed by atoms with Gasteiger partial charge in [-0.2, -0.15) is 10.5 Å². The molecule has 3 N–H and O–H groups in total. The number of hydrogen-bond donors (Lipinski definition) is 2. The Morgan fingerprint density at radius 2 is 1.04 bits per heavy atom. The Balaban J connectivity index is 0.000000607. The van der Waals surface area contributed by atoms with Crippen LogP contribution in [0.5, 0.6) is 23.0 Å². The lowest BCUT2D eigenvalue weighted by Crippen LogP contribution is -2.00. The van der Waals surface area contributed by atoms with Crippen LogP contribution in [0.3, 0.4) is 0 Å². The average molecular weight is 808 g/mol. The highest BCUT2D eigenvalue weighted by atomic mass is 127. The van der Waals surface area contributed by atoms with Crippen molar-refractivity contribution in [2.45, 2.75) is 11.0 Å². The van der Waals surface area contributed by atoms with Crippen LogP contribution < -0.4 is 19.9 Å². The van der Waals surface area contributed by atoms with Gasteiger partial charge in [-0.05, 0) is 71.8 Å². The highest BCUT2D eigenvalue weighted by Crippen LogP contribution is 2.16. The lowest BCUT2D eigenvalue weighted by atomic mass is 10.2. The molecule has 0 aromatic heterocycles. The zero-order valence-corrected chi connectivity index (χ0v) is 30.9. The van der Waals surface area contributed by atoms with E-state index in [-0.39, 0.29) is 19.3 Å². The number of nitrogens with two attached hydrogens (primary N) is 1. The van der Waals surface area contributed by atoms with Crippen molar-refractivity contribution >= 4 is 34.2 Å². The molecule has 13 heteroatoms. The molecule has 264 valence electrons. The van der Waals surface area contributed by atoms with Gasteiger partial charge in [-0.25, -0.2) is 0 Å². The number of ether oxygens (including phenoxy) is 7. The van der Waals surface area contributed by atoms with Crippen molar-refractivity contribution in [3.8, 4) is 35.1 Å². The maximum Gasteiger partial charge on any atom is 0.188 e. The van der Waals surface area contributed by atoms with E-state index in [2.05, 4.69) is 33.4 Å². The highest BCUT2D eigenvalue weighted by molar-refractivity contribution is 14.1. The van der Waals surface area contributed by atoms with Crippen molar-refractivity contribution in [1.29, 1.82) is 10.5 Å². The maximum atomic E-state index is 8.79. The molecule has 11 nitrogen and oxygen atoms in total. The predicted octanol–water partition coefficient (Wildman–Crippen LogP) is 7.37. The molecule has 4 rings (SSSR count). The van der Waals surface area contributed by atoms with Crippen LogP contribution in [-0.2, 0) is 29.9 Å². The molecule has 49 heavy (non-hydrogen) atoms. The van der Waals surface area contributed by atoms with E-state index in [9.17, 15) is 0 Å².